The van der Waals surface area contributed by atoms with E-state index < -0.39 is 0 Å². The number of oxime groups is 1. The first-order chi connectivity index (χ1) is 5.36. The van der Waals surface area contributed by atoms with Gasteiger partial charge in [0, 0.05) is 11.8 Å². The van der Waals surface area contributed by atoms with Gasteiger partial charge < -0.3 is 5.21 Å². The zero-order valence-electron chi connectivity index (χ0n) is 5.60. The molecule has 0 fully saturated rings. The predicted molar refractivity (Wildman–Crippen MR) is 38.3 cm³/mol. The molecule has 0 atom stereocenters. The minimum absolute atomic E-state index is 0.347. The van der Waals surface area contributed by atoms with E-state index in [1.807, 2.05) is 6.07 Å². The summed E-state index contributed by atoms with van der Waals surface area (Å²) < 4.78 is 0. The highest BCUT2D eigenvalue weighted by Crippen LogP contribution is 1.95. The highest BCUT2D eigenvalue weighted by atomic mass is 16.4. The maximum Gasteiger partial charge on any atom is 0.140 e. The van der Waals surface area contributed by atoms with Crippen LogP contribution in [0.3, 0.4) is 0 Å². The molecule has 0 radical (unpaired) electrons. The van der Waals surface area contributed by atoms with Crippen LogP contribution in [-0.4, -0.2) is 16.4 Å². The molecule has 0 amide bonds. The fourth-order valence-corrected chi connectivity index (χ4v) is 0.614. The van der Waals surface area contributed by atoms with Gasteiger partial charge in [0.15, 0.2) is 0 Å². The molecule has 4 nitrogen and oxygen atoms in total. The van der Waals surface area contributed by atoms with Crippen LogP contribution < -0.4 is 0 Å². The van der Waals surface area contributed by atoms with Crippen LogP contribution in [0.5, 0.6) is 0 Å². The maximum atomic E-state index is 8.36. The second-order valence-corrected chi connectivity index (χ2v) is 1.83. The third-order valence-electron chi connectivity index (χ3n) is 1.11. The molecule has 0 saturated heterocycles. The SMILES string of the molecule is N#Cc1ccc(C=NO)cn1. The van der Waals surface area contributed by atoms with Gasteiger partial charge in [0.1, 0.15) is 11.8 Å². The molecular formula is C7H5N3O. The molecule has 1 rings (SSSR count). The molecule has 1 aromatic heterocycles. The quantitative estimate of drug-likeness (QED) is 0.362. The van der Waals surface area contributed by atoms with E-state index in [1.54, 1.807) is 12.1 Å². The van der Waals surface area contributed by atoms with Crippen molar-refractivity contribution in [1.82, 2.24) is 4.98 Å². The Morgan fingerprint density at radius 2 is 2.45 bits per heavy atom. The Hall–Kier alpha value is -1.89. The minimum Gasteiger partial charge on any atom is -0.411 e. The van der Waals surface area contributed by atoms with Crippen molar-refractivity contribution in [2.75, 3.05) is 0 Å². The number of aromatic nitrogens is 1. The third-order valence-corrected chi connectivity index (χ3v) is 1.11. The van der Waals surface area contributed by atoms with Crippen LogP contribution in [0.2, 0.25) is 0 Å². The van der Waals surface area contributed by atoms with Crippen LogP contribution in [0.15, 0.2) is 23.5 Å². The fraction of sp³-hybridized carbons (Fsp3) is 0. The second-order valence-electron chi connectivity index (χ2n) is 1.83. The fourth-order valence-electron chi connectivity index (χ4n) is 0.614. The van der Waals surface area contributed by atoms with Gasteiger partial charge in [0.05, 0.1) is 6.21 Å². The largest absolute Gasteiger partial charge is 0.411 e. The molecule has 0 spiro atoms. The zero-order valence-corrected chi connectivity index (χ0v) is 5.60. The monoisotopic (exact) mass is 147 g/mol. The predicted octanol–water partition coefficient (Wildman–Crippen LogP) is 0.761. The summed E-state index contributed by atoms with van der Waals surface area (Å²) >= 11 is 0. The molecule has 0 aliphatic heterocycles. The molecule has 0 unspecified atom stereocenters. The van der Waals surface area contributed by atoms with Gasteiger partial charge in [-0.25, -0.2) is 4.98 Å². The smallest absolute Gasteiger partial charge is 0.140 e. The summed E-state index contributed by atoms with van der Waals surface area (Å²) in [5.74, 6) is 0. The first-order valence-electron chi connectivity index (χ1n) is 2.90. The number of hydrogen-bond donors (Lipinski definition) is 1. The Kier molecular flexibility index (Phi) is 2.18. The zero-order chi connectivity index (χ0) is 8.10. The second kappa shape index (κ2) is 3.32. The van der Waals surface area contributed by atoms with Gasteiger partial charge in [0.25, 0.3) is 0 Å². The van der Waals surface area contributed by atoms with Crippen molar-refractivity contribution >= 4 is 6.21 Å². The van der Waals surface area contributed by atoms with Crippen LogP contribution in [0.4, 0.5) is 0 Å². The minimum atomic E-state index is 0.347. The molecular weight excluding hydrogens is 142 g/mol. The highest BCUT2D eigenvalue weighted by molar-refractivity contribution is 5.78. The van der Waals surface area contributed by atoms with Gasteiger partial charge in [-0.3, -0.25) is 0 Å². The van der Waals surface area contributed by atoms with Gasteiger partial charge in [-0.05, 0) is 12.1 Å². The van der Waals surface area contributed by atoms with E-state index in [4.69, 9.17) is 10.5 Å². The molecule has 0 saturated carbocycles. The molecule has 0 aliphatic carbocycles. The Morgan fingerprint density at radius 1 is 1.64 bits per heavy atom. The van der Waals surface area contributed by atoms with Crippen molar-refractivity contribution in [3.05, 3.63) is 29.6 Å². The van der Waals surface area contributed by atoms with E-state index >= 15 is 0 Å². The van der Waals surface area contributed by atoms with Crippen molar-refractivity contribution < 1.29 is 5.21 Å². The van der Waals surface area contributed by atoms with Gasteiger partial charge in [0.2, 0.25) is 0 Å². The number of nitrogens with zero attached hydrogens (tertiary/aromatic N) is 3. The molecule has 0 aromatic carbocycles. The van der Waals surface area contributed by atoms with Crippen LogP contribution in [-0.2, 0) is 0 Å². The van der Waals surface area contributed by atoms with E-state index in [0.717, 1.165) is 0 Å². The van der Waals surface area contributed by atoms with Crippen LogP contribution in [0.25, 0.3) is 0 Å². The van der Waals surface area contributed by atoms with E-state index in [9.17, 15) is 0 Å². The van der Waals surface area contributed by atoms with Crippen molar-refractivity contribution in [1.29, 1.82) is 5.26 Å². The molecule has 1 aromatic rings. The average Bonchev–Trinajstić information content (AvgIpc) is 2.07. The Morgan fingerprint density at radius 3 is 2.91 bits per heavy atom. The van der Waals surface area contributed by atoms with E-state index in [2.05, 4.69) is 10.1 Å². The summed E-state index contributed by atoms with van der Waals surface area (Å²) in [5.41, 5.74) is 1.01. The van der Waals surface area contributed by atoms with E-state index in [0.29, 0.717) is 11.3 Å². The average molecular weight is 147 g/mol. The lowest BCUT2D eigenvalue weighted by Gasteiger charge is -1.88. The van der Waals surface area contributed by atoms with Gasteiger partial charge in [-0.15, -0.1) is 0 Å². The van der Waals surface area contributed by atoms with Crippen LogP contribution in [0.1, 0.15) is 11.3 Å². The van der Waals surface area contributed by atoms with Crippen molar-refractivity contribution in [3.63, 3.8) is 0 Å². The Labute approximate surface area is 63.4 Å². The summed E-state index contributed by atoms with van der Waals surface area (Å²) in [5, 5.41) is 19.3. The van der Waals surface area contributed by atoms with E-state index in [-0.39, 0.29) is 0 Å². The number of hydrogen-bond acceptors (Lipinski definition) is 4. The van der Waals surface area contributed by atoms with Gasteiger partial charge >= 0.3 is 0 Å². The van der Waals surface area contributed by atoms with Crippen molar-refractivity contribution in [2.45, 2.75) is 0 Å². The van der Waals surface area contributed by atoms with Crippen molar-refractivity contribution in [2.24, 2.45) is 5.16 Å². The maximum absolute atomic E-state index is 8.36. The highest BCUT2D eigenvalue weighted by Gasteiger charge is 1.90. The summed E-state index contributed by atoms with van der Waals surface area (Å²) in [7, 11) is 0. The molecule has 11 heavy (non-hydrogen) atoms. The number of pyridine rings is 1. The Bertz CT molecular complexity index is 296. The molecule has 0 aliphatic rings. The first-order valence-corrected chi connectivity index (χ1v) is 2.90. The summed E-state index contributed by atoms with van der Waals surface area (Å²) in [6, 6.07) is 5.07. The molecule has 1 N–H and O–H groups in total. The Balaban J connectivity index is 2.94. The van der Waals surface area contributed by atoms with Crippen LogP contribution >= 0.6 is 0 Å². The normalized spacial score (nSPS) is 9.73. The third kappa shape index (κ3) is 1.76. The molecule has 0 bridgehead atoms. The molecule has 1 heterocycles. The molecule has 54 valence electrons. The standard InChI is InChI=1S/C7H5N3O/c8-3-7-2-1-6(4-9-7)5-10-11/h1-2,4-5,11H. The summed E-state index contributed by atoms with van der Waals surface area (Å²) in [6.07, 6.45) is 2.70. The topological polar surface area (TPSA) is 69.3 Å². The van der Waals surface area contributed by atoms with Crippen molar-refractivity contribution in [3.8, 4) is 6.07 Å². The first kappa shape index (κ1) is 7.22. The molecule has 4 heteroatoms. The summed E-state index contributed by atoms with van der Waals surface area (Å²) in [4.78, 5) is 3.75. The van der Waals surface area contributed by atoms with Gasteiger partial charge in [-0.2, -0.15) is 5.26 Å². The lowest BCUT2D eigenvalue weighted by atomic mass is 10.3. The lowest BCUT2D eigenvalue weighted by molar-refractivity contribution is 0.322. The van der Waals surface area contributed by atoms with E-state index in [1.165, 1.54) is 12.4 Å². The van der Waals surface area contributed by atoms with Gasteiger partial charge in [-0.1, -0.05) is 5.16 Å². The number of rotatable bonds is 1. The van der Waals surface area contributed by atoms with Crippen LogP contribution in [0, 0.1) is 11.3 Å². The summed E-state index contributed by atoms with van der Waals surface area (Å²) in [6.45, 7) is 0. The number of nitriles is 1. The lowest BCUT2D eigenvalue weighted by Crippen LogP contribution is -1.85.